The lowest BCUT2D eigenvalue weighted by Crippen LogP contribution is -2.35. The van der Waals surface area contributed by atoms with E-state index in [4.69, 9.17) is 9.72 Å². The van der Waals surface area contributed by atoms with Crippen LogP contribution in [0.25, 0.3) is 16.6 Å². The topological polar surface area (TPSA) is 63.0 Å². The second-order valence-electron chi connectivity index (χ2n) is 10.7. The Hall–Kier alpha value is -3.53. The van der Waals surface area contributed by atoms with Crippen molar-refractivity contribution >= 4 is 40.6 Å². The molecule has 2 aromatic heterocycles. The molecule has 0 spiro atoms. The number of carbonyl (C=O) groups is 1. The van der Waals surface area contributed by atoms with E-state index in [1.807, 2.05) is 30.4 Å². The molecule has 0 aliphatic carbocycles. The van der Waals surface area contributed by atoms with E-state index >= 15 is 0 Å². The molecule has 0 amide bonds. The predicted molar refractivity (Wildman–Crippen MR) is 165 cm³/mol. The number of fused-ring (bicyclic) bond motifs is 1. The molecule has 1 saturated heterocycles. The number of carbonyl (C=O) groups excluding carboxylic acids is 1. The average Bonchev–Trinajstić information content (AvgIpc) is 3.32. The second kappa shape index (κ2) is 12.5. The van der Waals surface area contributed by atoms with Gasteiger partial charge < -0.3 is 9.30 Å². The minimum atomic E-state index is 0.0833. The first-order chi connectivity index (χ1) is 19.8. The fraction of sp³-hybridized carbons (Fsp3) is 0.344. The summed E-state index contributed by atoms with van der Waals surface area (Å²) in [6, 6.07) is 12.5. The maximum atomic E-state index is 14.0. The molecule has 1 unspecified atom stereocenters. The maximum absolute atomic E-state index is 14.0. The molecular weight excluding hydrogens is 537 g/mol. The Balaban J connectivity index is 1.40. The summed E-state index contributed by atoms with van der Waals surface area (Å²) in [4.78, 5) is 23.3. The van der Waals surface area contributed by atoms with E-state index in [1.54, 1.807) is 26.4 Å². The lowest BCUT2D eigenvalue weighted by atomic mass is 9.88. The molecule has 4 heterocycles. The summed E-state index contributed by atoms with van der Waals surface area (Å²) in [5.74, 6) is 1.03. The highest BCUT2D eigenvalue weighted by atomic mass is 32.2. The third kappa shape index (κ3) is 6.07. The number of hydrogen-bond acceptors (Lipinski definition) is 7. The lowest BCUT2D eigenvalue weighted by Gasteiger charge is -2.36. The highest BCUT2D eigenvalue weighted by Gasteiger charge is 2.27. The standard InChI is InChI=1S/C32H36FN5O2S/c1-21-6-7-27(19-38(41-33)31(35-21)20-40-5)28-12-15-34-32-29(28)18-30(36(32)4)22(2)37-16-13-26(14-17-37)25-10-8-24(9-11-25)23(3)39/h6-12,15,18-19,22,26H,1,13-14,16-17,20H2,2-5H3/b7-6-,27-19+,35-31?. The van der Waals surface area contributed by atoms with Gasteiger partial charge in [-0.1, -0.05) is 36.9 Å². The van der Waals surface area contributed by atoms with Crippen LogP contribution in [-0.4, -0.2) is 57.2 Å². The summed E-state index contributed by atoms with van der Waals surface area (Å²) in [7, 11) is 3.62. The zero-order chi connectivity index (χ0) is 29.1. The Morgan fingerprint density at radius 1 is 1.20 bits per heavy atom. The summed E-state index contributed by atoms with van der Waals surface area (Å²) in [6.45, 7) is 9.98. The number of benzene rings is 1. The molecule has 1 atom stereocenters. The molecule has 214 valence electrons. The summed E-state index contributed by atoms with van der Waals surface area (Å²) < 4.78 is 22.8. The van der Waals surface area contributed by atoms with Gasteiger partial charge in [-0.15, -0.1) is 3.89 Å². The number of allylic oxidation sites excluding steroid dienone is 3. The Morgan fingerprint density at radius 2 is 1.93 bits per heavy atom. The number of methoxy groups -OCH3 is 1. The van der Waals surface area contributed by atoms with Gasteiger partial charge in [0.2, 0.25) is 0 Å². The van der Waals surface area contributed by atoms with Gasteiger partial charge in [-0.05, 0) is 80.6 Å². The maximum Gasteiger partial charge on any atom is 0.170 e. The number of aryl methyl sites for hydroxylation is 1. The number of amidine groups is 1. The van der Waals surface area contributed by atoms with Gasteiger partial charge in [0.25, 0.3) is 0 Å². The fourth-order valence-corrected chi connectivity index (χ4v) is 6.14. The first-order valence-electron chi connectivity index (χ1n) is 13.8. The molecule has 1 fully saturated rings. The number of Topliss-reactive ketones (excluding diaryl/α,β-unsaturated/α-hetero) is 1. The molecule has 1 aromatic carbocycles. The van der Waals surface area contributed by atoms with Crippen molar-refractivity contribution in [2.75, 3.05) is 26.8 Å². The minimum absolute atomic E-state index is 0.0833. The van der Waals surface area contributed by atoms with Crippen LogP contribution < -0.4 is 0 Å². The zero-order valence-corrected chi connectivity index (χ0v) is 24.8. The van der Waals surface area contributed by atoms with Crippen molar-refractivity contribution in [3.8, 4) is 0 Å². The number of piperidine rings is 1. The first kappa shape index (κ1) is 29.0. The van der Waals surface area contributed by atoms with E-state index in [0.29, 0.717) is 17.5 Å². The molecule has 41 heavy (non-hydrogen) atoms. The number of aliphatic imine (C=N–C) groups is 1. The van der Waals surface area contributed by atoms with Crippen LogP contribution in [0.1, 0.15) is 65.8 Å². The largest absolute Gasteiger partial charge is 0.377 e. The molecule has 0 N–H and O–H groups in total. The fourth-order valence-electron chi connectivity index (χ4n) is 5.81. The van der Waals surface area contributed by atoms with Crippen molar-refractivity contribution in [2.24, 2.45) is 12.0 Å². The molecule has 0 saturated carbocycles. The normalized spacial score (nSPS) is 19.8. The van der Waals surface area contributed by atoms with Crippen LogP contribution in [0.15, 0.2) is 78.2 Å². The van der Waals surface area contributed by atoms with Gasteiger partial charge in [-0.25, -0.2) is 14.3 Å². The summed E-state index contributed by atoms with van der Waals surface area (Å²) in [5.41, 5.74) is 6.44. The number of ether oxygens (including phenoxy) is 1. The van der Waals surface area contributed by atoms with Crippen LogP contribution in [0, 0.1) is 0 Å². The number of likely N-dealkylation sites (tertiary alicyclic amines) is 1. The van der Waals surface area contributed by atoms with Gasteiger partial charge >= 0.3 is 0 Å². The zero-order valence-electron chi connectivity index (χ0n) is 24.0. The smallest absolute Gasteiger partial charge is 0.170 e. The van der Waals surface area contributed by atoms with Crippen LogP contribution in [0.3, 0.4) is 0 Å². The number of ketones is 1. The highest BCUT2D eigenvalue weighted by Crippen LogP contribution is 2.36. The molecule has 9 heteroatoms. The predicted octanol–water partition coefficient (Wildman–Crippen LogP) is 7.02. The van der Waals surface area contributed by atoms with Crippen LogP contribution >= 0.6 is 12.3 Å². The molecule has 0 bridgehead atoms. The third-order valence-corrected chi connectivity index (χ3v) is 8.62. The Morgan fingerprint density at radius 3 is 2.59 bits per heavy atom. The van der Waals surface area contributed by atoms with Crippen LogP contribution in [0.5, 0.6) is 0 Å². The number of nitrogens with zero attached hydrogens (tertiary/aromatic N) is 5. The molecule has 5 rings (SSSR count). The van der Waals surface area contributed by atoms with Crippen molar-refractivity contribution in [3.63, 3.8) is 0 Å². The number of aromatic nitrogens is 2. The van der Waals surface area contributed by atoms with Gasteiger partial charge in [-0.3, -0.25) is 9.69 Å². The highest BCUT2D eigenvalue weighted by molar-refractivity contribution is 7.92. The monoisotopic (exact) mass is 573 g/mol. The van der Waals surface area contributed by atoms with E-state index < -0.39 is 0 Å². The Labute approximate surface area is 245 Å². The van der Waals surface area contributed by atoms with Crippen molar-refractivity contribution in [2.45, 2.75) is 38.6 Å². The lowest BCUT2D eigenvalue weighted by molar-refractivity contribution is 0.101. The van der Waals surface area contributed by atoms with Gasteiger partial charge in [-0.2, -0.15) is 0 Å². The van der Waals surface area contributed by atoms with Crippen LogP contribution in [-0.2, 0) is 11.8 Å². The van der Waals surface area contributed by atoms with E-state index in [9.17, 15) is 8.68 Å². The van der Waals surface area contributed by atoms with Crippen LogP contribution in [0.2, 0.25) is 0 Å². The Bertz CT molecular complexity index is 1530. The number of halogens is 1. The number of hydrogen-bond donors (Lipinski definition) is 0. The number of pyridine rings is 1. The first-order valence-corrected chi connectivity index (χ1v) is 14.5. The molecule has 3 aromatic rings. The average molecular weight is 574 g/mol. The van der Waals surface area contributed by atoms with Gasteiger partial charge in [0, 0.05) is 49.2 Å². The van der Waals surface area contributed by atoms with E-state index in [0.717, 1.165) is 53.7 Å². The van der Waals surface area contributed by atoms with E-state index in [-0.39, 0.29) is 30.8 Å². The van der Waals surface area contributed by atoms with E-state index in [1.165, 1.54) is 15.6 Å². The quantitative estimate of drug-likeness (QED) is 0.213. The summed E-state index contributed by atoms with van der Waals surface area (Å²) in [5, 5.41) is 1.01. The SMILES string of the molecule is C=C1/C=C\C(c2ccnc3c2cc(C(C)N2CCC(c4ccc(C(C)=O)cc4)CC2)n3C)=C/N(SF)C(COC)=N1. The minimum Gasteiger partial charge on any atom is -0.377 e. The van der Waals surface area contributed by atoms with Gasteiger partial charge in [0.1, 0.15) is 18.1 Å². The van der Waals surface area contributed by atoms with E-state index in [2.05, 4.69) is 53.2 Å². The number of rotatable bonds is 8. The molecule has 7 nitrogen and oxygen atoms in total. The van der Waals surface area contributed by atoms with Crippen LogP contribution in [0.4, 0.5) is 3.89 Å². The summed E-state index contributed by atoms with van der Waals surface area (Å²) >= 11 is 0.0833. The second-order valence-corrected chi connectivity index (χ2v) is 11.2. The van der Waals surface area contributed by atoms with Gasteiger partial charge in [0.05, 0.1) is 5.70 Å². The summed E-state index contributed by atoms with van der Waals surface area (Å²) in [6.07, 6.45) is 9.43. The van der Waals surface area contributed by atoms with Crippen molar-refractivity contribution in [1.82, 2.24) is 18.8 Å². The molecular formula is C32H36FN5O2S. The van der Waals surface area contributed by atoms with Crippen molar-refractivity contribution in [3.05, 3.63) is 95.6 Å². The molecule has 2 aliphatic rings. The molecule has 2 aliphatic heterocycles. The molecule has 0 radical (unpaired) electrons. The van der Waals surface area contributed by atoms with Crippen molar-refractivity contribution in [1.29, 1.82) is 0 Å². The third-order valence-electron chi connectivity index (χ3n) is 8.16. The van der Waals surface area contributed by atoms with Gasteiger partial charge in [0.15, 0.2) is 18.1 Å². The Kier molecular flexibility index (Phi) is 8.87. The van der Waals surface area contributed by atoms with Crippen molar-refractivity contribution < 1.29 is 13.4 Å².